The van der Waals surface area contributed by atoms with Gasteiger partial charge in [0, 0.05) is 23.7 Å². The number of carbonyl (C=O) groups excluding carboxylic acids is 2. The first kappa shape index (κ1) is 20.3. The summed E-state index contributed by atoms with van der Waals surface area (Å²) >= 11 is 1.35. The molecule has 1 atom stereocenters. The van der Waals surface area contributed by atoms with Crippen LogP contribution in [0.3, 0.4) is 0 Å². The molecule has 2 aromatic carbocycles. The first-order chi connectivity index (χ1) is 13.5. The minimum atomic E-state index is -0.790. The van der Waals surface area contributed by atoms with Crippen molar-refractivity contribution in [3.63, 3.8) is 0 Å². The van der Waals surface area contributed by atoms with Crippen LogP contribution in [0.1, 0.15) is 43.5 Å². The molecule has 1 fully saturated rings. The van der Waals surface area contributed by atoms with Crippen molar-refractivity contribution in [3.8, 4) is 0 Å². The van der Waals surface area contributed by atoms with Gasteiger partial charge in [0.15, 0.2) is 0 Å². The Kier molecular flexibility index (Phi) is 6.67. The molecule has 1 aliphatic heterocycles. The van der Waals surface area contributed by atoms with Gasteiger partial charge >= 0.3 is 0 Å². The van der Waals surface area contributed by atoms with E-state index in [-0.39, 0.29) is 23.3 Å². The van der Waals surface area contributed by atoms with Gasteiger partial charge in [-0.15, -0.1) is 11.8 Å². The highest BCUT2D eigenvalue weighted by molar-refractivity contribution is 8.00. The number of rotatable bonds is 7. The molecule has 0 spiro atoms. The predicted molar refractivity (Wildman–Crippen MR) is 108 cm³/mol. The number of thioether (sulfide) groups is 1. The molecule has 4 nitrogen and oxygen atoms in total. The van der Waals surface area contributed by atoms with E-state index in [0.717, 1.165) is 31.4 Å². The molecule has 0 unspecified atom stereocenters. The zero-order valence-corrected chi connectivity index (χ0v) is 16.4. The second-order valence-electron chi connectivity index (χ2n) is 6.62. The molecule has 1 aliphatic rings. The maximum atomic E-state index is 14.3. The van der Waals surface area contributed by atoms with Gasteiger partial charge in [-0.3, -0.25) is 14.5 Å². The van der Waals surface area contributed by atoms with Gasteiger partial charge in [0.2, 0.25) is 11.8 Å². The third kappa shape index (κ3) is 4.52. The Bertz CT molecular complexity index is 875. The second kappa shape index (κ2) is 9.19. The summed E-state index contributed by atoms with van der Waals surface area (Å²) in [6.45, 7) is 2.07. The van der Waals surface area contributed by atoms with Gasteiger partial charge < -0.3 is 5.32 Å². The maximum absolute atomic E-state index is 14.3. The minimum Gasteiger partial charge on any atom is -0.326 e. The molecular formula is C21H22F2N2O2S. The summed E-state index contributed by atoms with van der Waals surface area (Å²) in [6, 6.07) is 10.4. The van der Waals surface area contributed by atoms with Crippen LogP contribution in [0.25, 0.3) is 0 Å². The fourth-order valence-electron chi connectivity index (χ4n) is 3.17. The third-order valence-electron chi connectivity index (χ3n) is 4.55. The second-order valence-corrected chi connectivity index (χ2v) is 7.68. The van der Waals surface area contributed by atoms with E-state index in [4.69, 9.17) is 0 Å². The molecule has 0 radical (unpaired) electrons. The fourth-order valence-corrected chi connectivity index (χ4v) is 4.37. The predicted octanol–water partition coefficient (Wildman–Crippen LogP) is 5.26. The van der Waals surface area contributed by atoms with Crippen LogP contribution in [0.2, 0.25) is 0 Å². The first-order valence-corrected chi connectivity index (χ1v) is 10.3. The molecule has 3 rings (SSSR count). The molecule has 0 aliphatic carbocycles. The summed E-state index contributed by atoms with van der Waals surface area (Å²) in [6.07, 6.45) is 3.26. The van der Waals surface area contributed by atoms with Crippen LogP contribution >= 0.6 is 11.8 Å². The summed E-state index contributed by atoms with van der Waals surface area (Å²) < 4.78 is 27.6. The van der Waals surface area contributed by atoms with Crippen LogP contribution in [-0.4, -0.2) is 17.6 Å². The highest BCUT2D eigenvalue weighted by atomic mass is 32.2. The van der Waals surface area contributed by atoms with Crippen molar-refractivity contribution < 1.29 is 18.4 Å². The average Bonchev–Trinajstić information content (AvgIpc) is 3.04. The summed E-state index contributed by atoms with van der Waals surface area (Å²) in [7, 11) is 0. The van der Waals surface area contributed by atoms with Crippen molar-refractivity contribution in [2.45, 2.75) is 38.0 Å². The van der Waals surface area contributed by atoms with Crippen molar-refractivity contribution >= 4 is 35.0 Å². The quantitative estimate of drug-likeness (QED) is 0.640. The van der Waals surface area contributed by atoms with Crippen molar-refractivity contribution in [3.05, 3.63) is 59.7 Å². The topological polar surface area (TPSA) is 49.4 Å². The average molecular weight is 404 g/mol. The summed E-state index contributed by atoms with van der Waals surface area (Å²) in [5, 5.41) is 2.41. The molecule has 0 aromatic heterocycles. The molecular weight excluding hydrogens is 382 g/mol. The van der Waals surface area contributed by atoms with Gasteiger partial charge in [0.25, 0.3) is 0 Å². The number of para-hydroxylation sites is 1. The molecule has 0 bridgehead atoms. The largest absolute Gasteiger partial charge is 0.326 e. The standard InChI is InChI=1S/C21H22F2N2O2S/c1-2-3-4-9-19(26)24-17-8-6-5-7-15(17)21-25(20(27)13-28-21)18-11-10-14(22)12-16(18)23/h5-8,10-12,21H,2-4,9,13H2,1H3,(H,24,26)/t21-/m1/s1. The normalized spacial score (nSPS) is 16.5. The molecule has 28 heavy (non-hydrogen) atoms. The Morgan fingerprint density at radius 3 is 2.75 bits per heavy atom. The number of benzene rings is 2. The molecule has 148 valence electrons. The number of hydrogen-bond acceptors (Lipinski definition) is 3. The highest BCUT2D eigenvalue weighted by Gasteiger charge is 2.36. The molecule has 2 amide bonds. The van der Waals surface area contributed by atoms with E-state index in [0.29, 0.717) is 17.7 Å². The van der Waals surface area contributed by atoms with E-state index in [1.165, 1.54) is 22.7 Å². The Morgan fingerprint density at radius 1 is 1.21 bits per heavy atom. The molecule has 0 saturated carbocycles. The minimum absolute atomic E-state index is 0.0328. The fraction of sp³-hybridized carbons (Fsp3) is 0.333. The lowest BCUT2D eigenvalue weighted by Crippen LogP contribution is -2.29. The summed E-state index contributed by atoms with van der Waals surface area (Å²) in [4.78, 5) is 26.1. The van der Waals surface area contributed by atoms with E-state index >= 15 is 0 Å². The van der Waals surface area contributed by atoms with Gasteiger partial charge in [-0.1, -0.05) is 38.0 Å². The van der Waals surface area contributed by atoms with Gasteiger partial charge in [-0.25, -0.2) is 8.78 Å². The smallest absolute Gasteiger partial charge is 0.238 e. The summed E-state index contributed by atoms with van der Waals surface area (Å²) in [5.74, 6) is -1.65. The number of nitrogens with one attached hydrogen (secondary N) is 1. The van der Waals surface area contributed by atoms with Crippen molar-refractivity contribution in [2.75, 3.05) is 16.0 Å². The summed E-state index contributed by atoms with van der Waals surface area (Å²) in [5.41, 5.74) is 1.35. The highest BCUT2D eigenvalue weighted by Crippen LogP contribution is 2.44. The number of hydrogen-bond donors (Lipinski definition) is 1. The maximum Gasteiger partial charge on any atom is 0.238 e. The first-order valence-electron chi connectivity index (χ1n) is 9.28. The molecule has 1 N–H and O–H groups in total. The Hall–Kier alpha value is -2.41. The SMILES string of the molecule is CCCCCC(=O)Nc1ccccc1[C@H]1SCC(=O)N1c1ccc(F)cc1F. The van der Waals surface area contributed by atoms with Crippen LogP contribution in [0.4, 0.5) is 20.2 Å². The van der Waals surface area contributed by atoms with E-state index in [1.807, 2.05) is 12.1 Å². The Morgan fingerprint density at radius 2 is 2.00 bits per heavy atom. The van der Waals surface area contributed by atoms with E-state index in [9.17, 15) is 18.4 Å². The lowest BCUT2D eigenvalue weighted by Gasteiger charge is -2.26. The van der Waals surface area contributed by atoms with Gasteiger partial charge in [0.1, 0.15) is 17.0 Å². The van der Waals surface area contributed by atoms with Gasteiger partial charge in [-0.05, 0) is 24.6 Å². The van der Waals surface area contributed by atoms with Crippen LogP contribution in [0.15, 0.2) is 42.5 Å². The number of unbranched alkanes of at least 4 members (excludes halogenated alkanes) is 2. The Labute approximate surface area is 167 Å². The zero-order chi connectivity index (χ0) is 20.1. The van der Waals surface area contributed by atoms with Gasteiger partial charge in [-0.2, -0.15) is 0 Å². The molecule has 2 aromatic rings. The molecule has 7 heteroatoms. The van der Waals surface area contributed by atoms with Crippen molar-refractivity contribution in [1.29, 1.82) is 0 Å². The number of nitrogens with zero attached hydrogens (tertiary/aromatic N) is 1. The number of halogens is 2. The Balaban J connectivity index is 1.87. The third-order valence-corrected chi connectivity index (χ3v) is 5.74. The van der Waals surface area contributed by atoms with E-state index in [2.05, 4.69) is 12.2 Å². The number of amides is 2. The molecule has 1 saturated heterocycles. The molecule has 1 heterocycles. The monoisotopic (exact) mass is 404 g/mol. The van der Waals surface area contributed by atoms with E-state index < -0.39 is 17.0 Å². The van der Waals surface area contributed by atoms with Crippen LogP contribution < -0.4 is 10.2 Å². The lowest BCUT2D eigenvalue weighted by atomic mass is 10.1. The van der Waals surface area contributed by atoms with Crippen LogP contribution in [0, 0.1) is 11.6 Å². The van der Waals surface area contributed by atoms with Crippen molar-refractivity contribution in [1.82, 2.24) is 0 Å². The van der Waals surface area contributed by atoms with Gasteiger partial charge in [0.05, 0.1) is 11.4 Å². The van der Waals surface area contributed by atoms with Crippen molar-refractivity contribution in [2.24, 2.45) is 0 Å². The van der Waals surface area contributed by atoms with Crippen LogP contribution in [0.5, 0.6) is 0 Å². The number of carbonyl (C=O) groups is 2. The van der Waals surface area contributed by atoms with E-state index in [1.54, 1.807) is 12.1 Å². The lowest BCUT2D eigenvalue weighted by molar-refractivity contribution is -0.116. The zero-order valence-electron chi connectivity index (χ0n) is 15.6. The number of anilines is 2. The van der Waals surface area contributed by atoms with Crippen LogP contribution in [-0.2, 0) is 9.59 Å².